The second-order valence-electron chi connectivity index (χ2n) is 4.17. The molecule has 0 aliphatic heterocycles. The van der Waals surface area contributed by atoms with Crippen LogP contribution in [0.3, 0.4) is 0 Å². The molecule has 2 aromatic rings. The van der Waals surface area contributed by atoms with Crippen molar-refractivity contribution in [2.24, 2.45) is 5.73 Å². The molecule has 0 aromatic heterocycles. The lowest BCUT2D eigenvalue weighted by atomic mass is 9.99. The fraction of sp³-hybridized carbons (Fsp3) is 0.143. The van der Waals surface area contributed by atoms with E-state index in [0.717, 1.165) is 0 Å². The zero-order valence-corrected chi connectivity index (χ0v) is 12.2. The number of rotatable bonds is 3. The lowest BCUT2D eigenvalue weighted by molar-refractivity contribution is 0.573. The van der Waals surface area contributed by atoms with Crippen molar-refractivity contribution in [3.05, 3.63) is 68.7 Å². The molecule has 2 rings (SSSR count). The van der Waals surface area contributed by atoms with Gasteiger partial charge in [0.25, 0.3) is 0 Å². The molecule has 1 atom stereocenters. The van der Waals surface area contributed by atoms with Crippen LogP contribution in [0.2, 0.25) is 5.02 Å². The molecule has 1 nitrogen and oxygen atoms in total. The van der Waals surface area contributed by atoms with Crippen molar-refractivity contribution in [3.8, 4) is 0 Å². The molecule has 2 N–H and O–H groups in total. The Morgan fingerprint density at radius 3 is 2.58 bits per heavy atom. The van der Waals surface area contributed by atoms with Crippen molar-refractivity contribution in [1.29, 1.82) is 0 Å². The maximum Gasteiger partial charge on any atom is 0.142 e. The summed E-state index contributed by atoms with van der Waals surface area (Å²) in [6.45, 7) is 0. The molecule has 1 unspecified atom stereocenters. The van der Waals surface area contributed by atoms with Crippen LogP contribution in [0, 0.1) is 11.6 Å². The first-order valence-electron chi connectivity index (χ1n) is 5.63. The summed E-state index contributed by atoms with van der Waals surface area (Å²) < 4.78 is 27.6. The lowest BCUT2D eigenvalue weighted by Crippen LogP contribution is -2.15. The monoisotopic (exact) mass is 345 g/mol. The summed E-state index contributed by atoms with van der Waals surface area (Å²) in [6.07, 6.45) is 0.268. The van der Waals surface area contributed by atoms with Gasteiger partial charge in [-0.3, -0.25) is 0 Å². The van der Waals surface area contributed by atoms with Crippen LogP contribution in [0.4, 0.5) is 8.78 Å². The van der Waals surface area contributed by atoms with Crippen LogP contribution in [0.15, 0.2) is 40.9 Å². The molecule has 19 heavy (non-hydrogen) atoms. The van der Waals surface area contributed by atoms with E-state index < -0.39 is 17.7 Å². The summed E-state index contributed by atoms with van der Waals surface area (Å²) in [5.74, 6) is -0.899. The SMILES string of the molecule is NC(Cc1cccc(F)c1Cl)c1cccc(Br)c1F. The van der Waals surface area contributed by atoms with Gasteiger partial charge >= 0.3 is 0 Å². The maximum atomic E-state index is 13.9. The van der Waals surface area contributed by atoms with Gasteiger partial charge in [0.15, 0.2) is 0 Å². The van der Waals surface area contributed by atoms with Crippen LogP contribution in [-0.4, -0.2) is 0 Å². The van der Waals surface area contributed by atoms with Gasteiger partial charge in [-0.15, -0.1) is 0 Å². The van der Waals surface area contributed by atoms with Gasteiger partial charge in [0.1, 0.15) is 11.6 Å². The summed E-state index contributed by atoms with van der Waals surface area (Å²) in [6, 6.07) is 8.84. The molecule has 0 radical (unpaired) electrons. The smallest absolute Gasteiger partial charge is 0.142 e. The highest BCUT2D eigenvalue weighted by molar-refractivity contribution is 9.10. The Bertz CT molecular complexity index is 604. The van der Waals surface area contributed by atoms with E-state index in [1.165, 1.54) is 6.07 Å². The molecular weight excluding hydrogens is 336 g/mol. The van der Waals surface area contributed by atoms with Crippen molar-refractivity contribution in [2.75, 3.05) is 0 Å². The molecule has 0 bridgehead atoms. The average molecular weight is 347 g/mol. The van der Waals surface area contributed by atoms with Crippen LogP contribution in [0.25, 0.3) is 0 Å². The molecule has 0 aliphatic rings. The third-order valence-corrected chi connectivity index (χ3v) is 3.89. The first kappa shape index (κ1) is 14.4. The van der Waals surface area contributed by atoms with Gasteiger partial charge in [-0.25, -0.2) is 8.78 Å². The first-order chi connectivity index (χ1) is 9.00. The van der Waals surface area contributed by atoms with Crippen LogP contribution < -0.4 is 5.73 Å². The minimum absolute atomic E-state index is 0.0355. The second kappa shape index (κ2) is 5.99. The maximum absolute atomic E-state index is 13.9. The molecule has 0 aliphatic carbocycles. The van der Waals surface area contributed by atoms with Gasteiger partial charge in [0.05, 0.1) is 9.50 Å². The summed E-state index contributed by atoms with van der Waals surface area (Å²) in [5.41, 5.74) is 6.91. The number of nitrogens with two attached hydrogens (primary N) is 1. The molecule has 0 saturated heterocycles. The summed E-state index contributed by atoms with van der Waals surface area (Å²) in [7, 11) is 0. The predicted octanol–water partition coefficient (Wildman–Crippen LogP) is 4.62. The molecule has 5 heteroatoms. The molecule has 0 heterocycles. The summed E-state index contributed by atoms with van der Waals surface area (Å²) in [5, 5.41) is 0.0355. The van der Waals surface area contributed by atoms with E-state index in [2.05, 4.69) is 15.9 Å². The molecule has 0 spiro atoms. The molecular formula is C14H11BrClF2N. The minimum atomic E-state index is -0.586. The van der Waals surface area contributed by atoms with E-state index in [1.54, 1.807) is 30.3 Å². The second-order valence-corrected chi connectivity index (χ2v) is 5.40. The third kappa shape index (κ3) is 3.14. The van der Waals surface area contributed by atoms with Gasteiger partial charge in [-0.05, 0) is 40.0 Å². The largest absolute Gasteiger partial charge is 0.324 e. The Kier molecular flexibility index (Phi) is 4.55. The highest BCUT2D eigenvalue weighted by Crippen LogP contribution is 2.27. The van der Waals surface area contributed by atoms with E-state index in [0.29, 0.717) is 15.6 Å². The molecule has 0 saturated carbocycles. The molecule has 0 amide bonds. The van der Waals surface area contributed by atoms with Crippen LogP contribution in [0.5, 0.6) is 0 Å². The Hall–Kier alpha value is -0.970. The lowest BCUT2D eigenvalue weighted by Gasteiger charge is -2.15. The van der Waals surface area contributed by atoms with Crippen molar-refractivity contribution < 1.29 is 8.78 Å². The topological polar surface area (TPSA) is 26.0 Å². The summed E-state index contributed by atoms with van der Waals surface area (Å²) >= 11 is 8.97. The van der Waals surface area contributed by atoms with Gasteiger partial charge in [0, 0.05) is 11.6 Å². The minimum Gasteiger partial charge on any atom is -0.324 e. The van der Waals surface area contributed by atoms with Crippen LogP contribution >= 0.6 is 27.5 Å². The fourth-order valence-electron chi connectivity index (χ4n) is 1.86. The standard InChI is InChI=1S/C14H11BrClF2N/c15-10-5-2-4-9(14(10)18)12(19)7-8-3-1-6-11(17)13(8)16/h1-6,12H,7,19H2. The molecule has 2 aromatic carbocycles. The quantitative estimate of drug-likeness (QED) is 0.862. The summed E-state index contributed by atoms with van der Waals surface area (Å²) in [4.78, 5) is 0. The van der Waals surface area contributed by atoms with Crippen LogP contribution in [-0.2, 0) is 6.42 Å². The van der Waals surface area contributed by atoms with Gasteiger partial charge in [-0.1, -0.05) is 35.9 Å². The Morgan fingerprint density at radius 1 is 1.16 bits per heavy atom. The zero-order valence-electron chi connectivity index (χ0n) is 9.84. The van der Waals surface area contributed by atoms with Gasteiger partial charge < -0.3 is 5.73 Å². The predicted molar refractivity (Wildman–Crippen MR) is 76.1 cm³/mol. The Balaban J connectivity index is 2.28. The molecule has 100 valence electrons. The Labute approximate surface area is 123 Å². The van der Waals surface area contributed by atoms with E-state index in [-0.39, 0.29) is 11.4 Å². The van der Waals surface area contributed by atoms with E-state index >= 15 is 0 Å². The van der Waals surface area contributed by atoms with Gasteiger partial charge in [-0.2, -0.15) is 0 Å². The fourth-order valence-corrected chi connectivity index (χ4v) is 2.44. The number of halogens is 4. The van der Waals surface area contributed by atoms with Crippen molar-refractivity contribution in [1.82, 2.24) is 0 Å². The van der Waals surface area contributed by atoms with Crippen molar-refractivity contribution in [3.63, 3.8) is 0 Å². The number of hydrogen-bond donors (Lipinski definition) is 1. The number of benzene rings is 2. The highest BCUT2D eigenvalue weighted by Gasteiger charge is 2.16. The van der Waals surface area contributed by atoms with Gasteiger partial charge in [0.2, 0.25) is 0 Å². The van der Waals surface area contributed by atoms with Crippen LogP contribution in [0.1, 0.15) is 17.2 Å². The first-order valence-corrected chi connectivity index (χ1v) is 6.80. The van der Waals surface area contributed by atoms with Crippen molar-refractivity contribution >= 4 is 27.5 Å². The average Bonchev–Trinajstić information content (AvgIpc) is 2.38. The number of hydrogen-bond acceptors (Lipinski definition) is 1. The Morgan fingerprint density at radius 2 is 1.84 bits per heavy atom. The van der Waals surface area contributed by atoms with E-state index in [4.69, 9.17) is 17.3 Å². The third-order valence-electron chi connectivity index (χ3n) is 2.85. The van der Waals surface area contributed by atoms with E-state index in [1.807, 2.05) is 0 Å². The zero-order chi connectivity index (χ0) is 14.0. The van der Waals surface area contributed by atoms with E-state index in [9.17, 15) is 8.78 Å². The van der Waals surface area contributed by atoms with Crippen molar-refractivity contribution in [2.45, 2.75) is 12.5 Å². The molecule has 0 fully saturated rings. The normalized spacial score (nSPS) is 12.5. The highest BCUT2D eigenvalue weighted by atomic mass is 79.9.